The van der Waals surface area contributed by atoms with Crippen molar-refractivity contribution >= 4 is 17.3 Å². The summed E-state index contributed by atoms with van der Waals surface area (Å²) in [6, 6.07) is 6.57. The average Bonchev–Trinajstić information content (AvgIpc) is 2.47. The fraction of sp³-hybridized carbons (Fsp3) is 0.375. The van der Waals surface area contributed by atoms with Crippen LogP contribution in [-0.4, -0.2) is 16.5 Å². The Morgan fingerprint density at radius 1 is 1.14 bits per heavy atom. The van der Waals surface area contributed by atoms with Gasteiger partial charge in [0.25, 0.3) is 0 Å². The van der Waals surface area contributed by atoms with Crippen LogP contribution in [0.1, 0.15) is 38.7 Å². The highest BCUT2D eigenvalue weighted by atomic mass is 19.1. The van der Waals surface area contributed by atoms with Crippen molar-refractivity contribution in [1.29, 1.82) is 0 Å². The molecule has 0 spiro atoms. The van der Waals surface area contributed by atoms with E-state index >= 15 is 0 Å². The number of benzene rings is 1. The first-order chi connectivity index (χ1) is 10.1. The van der Waals surface area contributed by atoms with Gasteiger partial charge in [-0.1, -0.05) is 32.9 Å². The molecule has 1 aromatic heterocycles. The third-order valence-corrected chi connectivity index (χ3v) is 3.13. The standard InChI is InChI=1S/C16H21FN4/c1-4-9-18-15-14(11(2)3)16(20-10-19-15)21-13-8-6-5-7-12(13)17/h5-8,10-11H,4,9H2,1-3H3,(H2,18,19,20,21). The van der Waals surface area contributed by atoms with Crippen LogP contribution in [0.5, 0.6) is 0 Å². The van der Waals surface area contributed by atoms with E-state index in [1.165, 1.54) is 12.4 Å². The lowest BCUT2D eigenvalue weighted by molar-refractivity contribution is 0.631. The molecule has 0 aliphatic rings. The third-order valence-electron chi connectivity index (χ3n) is 3.13. The summed E-state index contributed by atoms with van der Waals surface area (Å²) < 4.78 is 13.8. The molecule has 0 aliphatic carbocycles. The second-order valence-electron chi connectivity index (χ2n) is 5.17. The molecule has 0 saturated carbocycles. The number of para-hydroxylation sites is 1. The summed E-state index contributed by atoms with van der Waals surface area (Å²) in [4.78, 5) is 8.58. The molecule has 0 atom stereocenters. The maximum absolute atomic E-state index is 13.8. The predicted octanol–water partition coefficient (Wildman–Crippen LogP) is 4.30. The van der Waals surface area contributed by atoms with Gasteiger partial charge >= 0.3 is 0 Å². The van der Waals surface area contributed by atoms with E-state index in [0.717, 1.165) is 24.3 Å². The Balaban J connectivity index is 2.36. The summed E-state index contributed by atoms with van der Waals surface area (Å²) in [5, 5.41) is 6.37. The van der Waals surface area contributed by atoms with Crippen molar-refractivity contribution in [2.45, 2.75) is 33.1 Å². The van der Waals surface area contributed by atoms with Gasteiger partial charge in [-0.3, -0.25) is 0 Å². The summed E-state index contributed by atoms with van der Waals surface area (Å²) in [6.45, 7) is 7.09. The zero-order chi connectivity index (χ0) is 15.2. The summed E-state index contributed by atoms with van der Waals surface area (Å²) in [7, 11) is 0. The van der Waals surface area contributed by atoms with Crippen molar-refractivity contribution in [2.24, 2.45) is 0 Å². The molecule has 0 unspecified atom stereocenters. The minimum atomic E-state index is -0.297. The van der Waals surface area contributed by atoms with Crippen LogP contribution in [0.2, 0.25) is 0 Å². The molecular weight excluding hydrogens is 267 g/mol. The molecule has 5 heteroatoms. The van der Waals surface area contributed by atoms with Crippen molar-refractivity contribution in [3.63, 3.8) is 0 Å². The minimum absolute atomic E-state index is 0.222. The van der Waals surface area contributed by atoms with E-state index in [2.05, 4.69) is 41.4 Å². The summed E-state index contributed by atoms with van der Waals surface area (Å²) >= 11 is 0. The van der Waals surface area contributed by atoms with E-state index < -0.39 is 0 Å². The molecule has 1 heterocycles. The van der Waals surface area contributed by atoms with Crippen LogP contribution in [0.25, 0.3) is 0 Å². The molecule has 0 saturated heterocycles. The van der Waals surface area contributed by atoms with Gasteiger partial charge in [0.1, 0.15) is 23.8 Å². The normalized spacial score (nSPS) is 10.7. The lowest BCUT2D eigenvalue weighted by Gasteiger charge is -2.18. The molecule has 4 nitrogen and oxygen atoms in total. The van der Waals surface area contributed by atoms with Gasteiger partial charge in [-0.25, -0.2) is 14.4 Å². The van der Waals surface area contributed by atoms with E-state index in [1.54, 1.807) is 18.2 Å². The largest absolute Gasteiger partial charge is 0.370 e. The molecule has 2 N–H and O–H groups in total. The maximum atomic E-state index is 13.8. The summed E-state index contributed by atoms with van der Waals surface area (Å²) in [5.41, 5.74) is 1.38. The SMILES string of the molecule is CCCNc1ncnc(Nc2ccccc2F)c1C(C)C. The van der Waals surface area contributed by atoms with Crippen LogP contribution in [0.15, 0.2) is 30.6 Å². The second kappa shape index (κ2) is 7.02. The lowest BCUT2D eigenvalue weighted by atomic mass is 10.0. The molecule has 2 rings (SSSR count). The Hall–Kier alpha value is -2.17. The highest BCUT2D eigenvalue weighted by Gasteiger charge is 2.15. The number of nitrogens with zero attached hydrogens (tertiary/aromatic N) is 2. The zero-order valence-corrected chi connectivity index (χ0v) is 12.7. The molecule has 0 amide bonds. The number of hydrogen-bond acceptors (Lipinski definition) is 4. The number of aromatic nitrogens is 2. The number of halogens is 1. The van der Waals surface area contributed by atoms with E-state index in [1.807, 2.05) is 0 Å². The second-order valence-corrected chi connectivity index (χ2v) is 5.17. The highest BCUT2D eigenvalue weighted by molar-refractivity contribution is 5.66. The first-order valence-corrected chi connectivity index (χ1v) is 7.23. The van der Waals surface area contributed by atoms with Crippen molar-refractivity contribution in [3.05, 3.63) is 42.0 Å². The van der Waals surface area contributed by atoms with E-state index in [-0.39, 0.29) is 11.7 Å². The Kier molecular flexibility index (Phi) is 5.09. The first-order valence-electron chi connectivity index (χ1n) is 7.23. The summed E-state index contributed by atoms with van der Waals surface area (Å²) in [5.74, 6) is 1.37. The Labute approximate surface area is 124 Å². The van der Waals surface area contributed by atoms with Crippen molar-refractivity contribution < 1.29 is 4.39 Å². The van der Waals surface area contributed by atoms with E-state index in [0.29, 0.717) is 11.5 Å². The number of nitrogens with one attached hydrogen (secondary N) is 2. The average molecular weight is 288 g/mol. The van der Waals surface area contributed by atoms with Gasteiger partial charge in [0.05, 0.1) is 5.69 Å². The lowest BCUT2D eigenvalue weighted by Crippen LogP contribution is -2.10. The van der Waals surface area contributed by atoms with Gasteiger partial charge in [-0.05, 0) is 24.5 Å². The fourth-order valence-electron chi connectivity index (χ4n) is 2.12. The highest BCUT2D eigenvalue weighted by Crippen LogP contribution is 2.30. The molecule has 1 aromatic carbocycles. The van der Waals surface area contributed by atoms with Crippen LogP contribution in [0.4, 0.5) is 21.7 Å². The van der Waals surface area contributed by atoms with Crippen molar-refractivity contribution in [1.82, 2.24) is 9.97 Å². The quantitative estimate of drug-likeness (QED) is 0.832. The molecule has 0 aliphatic heterocycles. The molecule has 0 radical (unpaired) electrons. The van der Waals surface area contributed by atoms with Crippen LogP contribution >= 0.6 is 0 Å². The molecule has 2 aromatic rings. The van der Waals surface area contributed by atoms with Crippen molar-refractivity contribution in [3.8, 4) is 0 Å². The number of rotatable bonds is 6. The third kappa shape index (κ3) is 3.68. The smallest absolute Gasteiger partial charge is 0.146 e. The van der Waals surface area contributed by atoms with Gasteiger partial charge in [-0.15, -0.1) is 0 Å². The molecule has 21 heavy (non-hydrogen) atoms. The molecule has 0 fully saturated rings. The molecule has 112 valence electrons. The zero-order valence-electron chi connectivity index (χ0n) is 12.7. The van der Waals surface area contributed by atoms with Crippen molar-refractivity contribution in [2.75, 3.05) is 17.2 Å². The predicted molar refractivity (Wildman–Crippen MR) is 84.6 cm³/mol. The van der Waals surface area contributed by atoms with Crippen LogP contribution in [-0.2, 0) is 0 Å². The van der Waals surface area contributed by atoms with Gasteiger partial charge in [0, 0.05) is 12.1 Å². The van der Waals surface area contributed by atoms with Gasteiger partial charge in [0.15, 0.2) is 0 Å². The first kappa shape index (κ1) is 15.2. The minimum Gasteiger partial charge on any atom is -0.370 e. The van der Waals surface area contributed by atoms with Crippen LogP contribution < -0.4 is 10.6 Å². The molecule has 0 bridgehead atoms. The van der Waals surface area contributed by atoms with Gasteiger partial charge in [0.2, 0.25) is 0 Å². The number of hydrogen-bond donors (Lipinski definition) is 2. The number of anilines is 3. The van der Waals surface area contributed by atoms with Gasteiger partial charge < -0.3 is 10.6 Å². The summed E-state index contributed by atoms with van der Waals surface area (Å²) in [6.07, 6.45) is 2.50. The topological polar surface area (TPSA) is 49.8 Å². The van der Waals surface area contributed by atoms with E-state index in [9.17, 15) is 4.39 Å². The Morgan fingerprint density at radius 3 is 2.52 bits per heavy atom. The van der Waals surface area contributed by atoms with Crippen LogP contribution in [0, 0.1) is 5.82 Å². The van der Waals surface area contributed by atoms with Crippen LogP contribution in [0.3, 0.4) is 0 Å². The monoisotopic (exact) mass is 288 g/mol. The van der Waals surface area contributed by atoms with E-state index in [4.69, 9.17) is 0 Å². The molecular formula is C16H21FN4. The maximum Gasteiger partial charge on any atom is 0.146 e. The Morgan fingerprint density at radius 2 is 1.86 bits per heavy atom. The van der Waals surface area contributed by atoms with Gasteiger partial charge in [-0.2, -0.15) is 0 Å². The Bertz CT molecular complexity index is 599. The fourth-order valence-corrected chi connectivity index (χ4v) is 2.12.